The van der Waals surface area contributed by atoms with E-state index in [2.05, 4.69) is 15.0 Å². The number of aryl methyl sites for hydroxylation is 1. The van der Waals surface area contributed by atoms with Gasteiger partial charge in [-0.15, -0.1) is 0 Å². The summed E-state index contributed by atoms with van der Waals surface area (Å²) >= 11 is 0. The van der Waals surface area contributed by atoms with Gasteiger partial charge in [-0.25, -0.2) is 0 Å². The highest BCUT2D eigenvalue weighted by Gasteiger charge is 2.26. The van der Waals surface area contributed by atoms with E-state index in [1.807, 2.05) is 12.1 Å². The third-order valence-electron chi connectivity index (χ3n) is 3.98. The number of benzene rings is 1. The summed E-state index contributed by atoms with van der Waals surface area (Å²) in [5.74, 6) is 1.67. The number of nitro groups is 1. The van der Waals surface area contributed by atoms with Crippen molar-refractivity contribution in [2.24, 2.45) is 5.92 Å². The van der Waals surface area contributed by atoms with Gasteiger partial charge in [0.2, 0.25) is 5.89 Å². The standard InChI is InChI=1S/C15H18N4O3/c1-11-16-15(17-22-11)9-12-5-4-8-18(10-12)13-6-2-3-7-14(13)19(20)21/h2-3,6-7,12H,4-5,8-10H2,1H3. The SMILES string of the molecule is Cc1nc(CC2CCCN(c3ccccc3[N+](=O)[O-])C2)no1. The van der Waals surface area contributed by atoms with Crippen molar-refractivity contribution in [1.29, 1.82) is 0 Å². The van der Waals surface area contributed by atoms with Crippen LogP contribution in [0.5, 0.6) is 0 Å². The van der Waals surface area contributed by atoms with Gasteiger partial charge >= 0.3 is 0 Å². The summed E-state index contributed by atoms with van der Waals surface area (Å²) in [5, 5.41) is 15.1. The Labute approximate surface area is 128 Å². The van der Waals surface area contributed by atoms with Crippen molar-refractivity contribution in [3.63, 3.8) is 0 Å². The summed E-state index contributed by atoms with van der Waals surface area (Å²) < 4.78 is 5.00. The van der Waals surface area contributed by atoms with Gasteiger partial charge in [0.15, 0.2) is 5.82 Å². The molecule has 1 atom stereocenters. The number of piperidine rings is 1. The van der Waals surface area contributed by atoms with Gasteiger partial charge in [0.05, 0.1) is 4.92 Å². The Morgan fingerprint density at radius 1 is 1.45 bits per heavy atom. The maximum absolute atomic E-state index is 11.2. The lowest BCUT2D eigenvalue weighted by molar-refractivity contribution is -0.384. The Hall–Kier alpha value is -2.44. The van der Waals surface area contributed by atoms with E-state index < -0.39 is 0 Å². The van der Waals surface area contributed by atoms with Crippen molar-refractivity contribution >= 4 is 11.4 Å². The molecule has 0 saturated carbocycles. The Morgan fingerprint density at radius 2 is 2.27 bits per heavy atom. The van der Waals surface area contributed by atoms with Crippen LogP contribution in [0.1, 0.15) is 24.6 Å². The molecule has 1 aliphatic heterocycles. The van der Waals surface area contributed by atoms with Crippen molar-refractivity contribution in [3.8, 4) is 0 Å². The molecule has 7 heteroatoms. The fraction of sp³-hybridized carbons (Fsp3) is 0.467. The number of hydrogen-bond acceptors (Lipinski definition) is 6. The molecule has 3 rings (SSSR count). The highest BCUT2D eigenvalue weighted by atomic mass is 16.6. The second-order valence-electron chi connectivity index (χ2n) is 5.63. The van der Waals surface area contributed by atoms with Gasteiger partial charge in [0.1, 0.15) is 5.69 Å². The van der Waals surface area contributed by atoms with Crippen LogP contribution in [0.4, 0.5) is 11.4 Å². The third kappa shape index (κ3) is 3.08. The Morgan fingerprint density at radius 3 is 3.00 bits per heavy atom. The van der Waals surface area contributed by atoms with E-state index in [4.69, 9.17) is 4.52 Å². The molecule has 0 N–H and O–H groups in total. The smallest absolute Gasteiger partial charge is 0.292 e. The zero-order chi connectivity index (χ0) is 15.5. The van der Waals surface area contributed by atoms with E-state index in [0.29, 0.717) is 23.3 Å². The second kappa shape index (κ2) is 6.13. The summed E-state index contributed by atoms with van der Waals surface area (Å²) in [6, 6.07) is 6.92. The lowest BCUT2D eigenvalue weighted by atomic mass is 9.94. The van der Waals surface area contributed by atoms with Crippen LogP contribution >= 0.6 is 0 Å². The molecule has 1 saturated heterocycles. The lowest BCUT2D eigenvalue weighted by Gasteiger charge is -2.33. The van der Waals surface area contributed by atoms with Crippen LogP contribution in [0, 0.1) is 23.0 Å². The number of para-hydroxylation sites is 2. The van der Waals surface area contributed by atoms with Crippen LogP contribution < -0.4 is 4.90 Å². The molecule has 1 aromatic heterocycles. The topological polar surface area (TPSA) is 85.3 Å². The number of aromatic nitrogens is 2. The average molecular weight is 302 g/mol. The van der Waals surface area contributed by atoms with Gasteiger partial charge in [-0.2, -0.15) is 4.98 Å². The first kappa shape index (κ1) is 14.5. The van der Waals surface area contributed by atoms with E-state index in [1.165, 1.54) is 0 Å². The summed E-state index contributed by atoms with van der Waals surface area (Å²) in [4.78, 5) is 17.2. The van der Waals surface area contributed by atoms with E-state index in [0.717, 1.165) is 32.4 Å². The van der Waals surface area contributed by atoms with Gasteiger partial charge < -0.3 is 9.42 Å². The molecular formula is C15H18N4O3. The van der Waals surface area contributed by atoms with Gasteiger partial charge in [0, 0.05) is 32.5 Å². The van der Waals surface area contributed by atoms with Crippen LogP contribution in [0.25, 0.3) is 0 Å². The predicted molar refractivity (Wildman–Crippen MR) is 80.8 cm³/mol. The number of nitro benzene ring substituents is 1. The molecule has 1 aliphatic rings. The summed E-state index contributed by atoms with van der Waals surface area (Å²) in [6.07, 6.45) is 2.83. The predicted octanol–water partition coefficient (Wildman–Crippen LogP) is 2.75. The van der Waals surface area contributed by atoms with Gasteiger partial charge in [-0.3, -0.25) is 10.1 Å². The minimum absolute atomic E-state index is 0.165. The molecule has 1 fully saturated rings. The quantitative estimate of drug-likeness (QED) is 0.637. The van der Waals surface area contributed by atoms with Gasteiger partial charge in [-0.05, 0) is 24.8 Å². The minimum Gasteiger partial charge on any atom is -0.366 e. The first-order valence-corrected chi connectivity index (χ1v) is 7.41. The molecule has 2 heterocycles. The second-order valence-corrected chi connectivity index (χ2v) is 5.63. The molecule has 7 nitrogen and oxygen atoms in total. The lowest BCUT2D eigenvalue weighted by Crippen LogP contribution is -2.36. The average Bonchev–Trinajstić information content (AvgIpc) is 2.92. The molecule has 2 aromatic rings. The van der Waals surface area contributed by atoms with E-state index in [-0.39, 0.29) is 10.6 Å². The fourth-order valence-electron chi connectivity index (χ4n) is 3.02. The molecule has 0 aliphatic carbocycles. The molecule has 1 unspecified atom stereocenters. The van der Waals surface area contributed by atoms with Crippen LogP contribution in [0.15, 0.2) is 28.8 Å². The molecule has 116 valence electrons. The maximum atomic E-state index is 11.2. The zero-order valence-corrected chi connectivity index (χ0v) is 12.4. The first-order valence-electron chi connectivity index (χ1n) is 7.41. The third-order valence-corrected chi connectivity index (χ3v) is 3.98. The van der Waals surface area contributed by atoms with Crippen LogP contribution in [0.3, 0.4) is 0 Å². The molecule has 0 radical (unpaired) electrons. The van der Waals surface area contributed by atoms with Crippen molar-refractivity contribution in [1.82, 2.24) is 10.1 Å². The van der Waals surface area contributed by atoms with Crippen molar-refractivity contribution in [2.75, 3.05) is 18.0 Å². The summed E-state index contributed by atoms with van der Waals surface area (Å²) in [5.41, 5.74) is 0.861. The Balaban J connectivity index is 1.74. The largest absolute Gasteiger partial charge is 0.366 e. The Kier molecular flexibility index (Phi) is 4.04. The normalized spacial score (nSPS) is 18.4. The van der Waals surface area contributed by atoms with E-state index in [1.54, 1.807) is 19.1 Å². The maximum Gasteiger partial charge on any atom is 0.292 e. The summed E-state index contributed by atoms with van der Waals surface area (Å²) in [7, 11) is 0. The van der Waals surface area contributed by atoms with Crippen molar-refractivity contribution < 1.29 is 9.45 Å². The number of hydrogen-bond donors (Lipinski definition) is 0. The van der Waals surface area contributed by atoms with Gasteiger partial charge in [-0.1, -0.05) is 17.3 Å². The number of nitrogens with zero attached hydrogens (tertiary/aromatic N) is 4. The first-order chi connectivity index (χ1) is 10.6. The fourth-order valence-corrected chi connectivity index (χ4v) is 3.02. The van der Waals surface area contributed by atoms with E-state index >= 15 is 0 Å². The van der Waals surface area contributed by atoms with Crippen molar-refractivity contribution in [2.45, 2.75) is 26.2 Å². The molecule has 22 heavy (non-hydrogen) atoms. The molecule has 0 bridgehead atoms. The number of anilines is 1. The highest BCUT2D eigenvalue weighted by molar-refractivity contribution is 5.63. The van der Waals surface area contributed by atoms with E-state index in [9.17, 15) is 10.1 Å². The monoisotopic (exact) mass is 302 g/mol. The molecule has 0 amide bonds. The molecular weight excluding hydrogens is 284 g/mol. The van der Waals surface area contributed by atoms with Crippen LogP contribution in [0.2, 0.25) is 0 Å². The zero-order valence-electron chi connectivity index (χ0n) is 12.4. The molecule has 1 aromatic carbocycles. The van der Waals surface area contributed by atoms with Crippen molar-refractivity contribution in [3.05, 3.63) is 46.1 Å². The molecule has 0 spiro atoms. The Bertz CT molecular complexity index is 670. The summed E-state index contributed by atoms with van der Waals surface area (Å²) in [6.45, 7) is 3.39. The minimum atomic E-state index is -0.318. The number of rotatable bonds is 4. The highest BCUT2D eigenvalue weighted by Crippen LogP contribution is 2.31. The van der Waals surface area contributed by atoms with Crippen LogP contribution in [-0.4, -0.2) is 28.2 Å². The van der Waals surface area contributed by atoms with Gasteiger partial charge in [0.25, 0.3) is 5.69 Å². The van der Waals surface area contributed by atoms with Crippen LogP contribution in [-0.2, 0) is 6.42 Å².